The highest BCUT2D eigenvalue weighted by Gasteiger charge is 2.37. The van der Waals surface area contributed by atoms with Gasteiger partial charge in [0.15, 0.2) is 0 Å². The van der Waals surface area contributed by atoms with Crippen molar-refractivity contribution in [2.45, 2.75) is 45.6 Å². The van der Waals surface area contributed by atoms with E-state index in [0.717, 1.165) is 18.5 Å². The van der Waals surface area contributed by atoms with Crippen molar-refractivity contribution in [3.05, 3.63) is 29.3 Å². The zero-order chi connectivity index (χ0) is 14.3. The number of halogens is 1. The van der Waals surface area contributed by atoms with Crippen LogP contribution in [0.15, 0.2) is 24.3 Å². The van der Waals surface area contributed by atoms with E-state index in [9.17, 15) is 4.79 Å². The van der Waals surface area contributed by atoms with E-state index >= 15 is 0 Å². The van der Waals surface area contributed by atoms with Crippen LogP contribution in [0.3, 0.4) is 0 Å². The second-order valence-electron chi connectivity index (χ2n) is 4.54. The van der Waals surface area contributed by atoms with E-state index in [-0.39, 0.29) is 5.97 Å². The van der Waals surface area contributed by atoms with Crippen LogP contribution in [0.4, 0.5) is 5.69 Å². The van der Waals surface area contributed by atoms with Crippen LogP contribution >= 0.6 is 11.6 Å². The minimum Gasteiger partial charge on any atom is -0.464 e. The summed E-state index contributed by atoms with van der Waals surface area (Å²) in [4.78, 5) is 12.2. The van der Waals surface area contributed by atoms with Crippen molar-refractivity contribution in [2.75, 3.05) is 11.9 Å². The normalized spacial score (nSPS) is 13.7. The summed E-state index contributed by atoms with van der Waals surface area (Å²) < 4.78 is 5.22. The van der Waals surface area contributed by atoms with Crippen molar-refractivity contribution in [1.82, 2.24) is 0 Å². The number of ether oxygens (including phenoxy) is 1. The van der Waals surface area contributed by atoms with Crippen LogP contribution in [0.2, 0.25) is 5.02 Å². The summed E-state index contributed by atoms with van der Waals surface area (Å²) in [6.07, 6.45) is 2.33. The SMILES string of the molecule is CCCC(CC)(Nc1ccc(Cl)cc1)C(=O)OCC. The average Bonchev–Trinajstić information content (AvgIpc) is 2.41. The van der Waals surface area contributed by atoms with Crippen LogP contribution in [0.5, 0.6) is 0 Å². The molecule has 0 aliphatic heterocycles. The van der Waals surface area contributed by atoms with E-state index in [1.54, 1.807) is 12.1 Å². The number of benzene rings is 1. The van der Waals surface area contributed by atoms with Gasteiger partial charge in [0, 0.05) is 10.7 Å². The zero-order valence-electron chi connectivity index (χ0n) is 11.8. The fraction of sp³-hybridized carbons (Fsp3) is 0.533. The van der Waals surface area contributed by atoms with Gasteiger partial charge in [-0.1, -0.05) is 31.9 Å². The van der Waals surface area contributed by atoms with E-state index in [1.165, 1.54) is 0 Å². The molecular weight excluding hydrogens is 262 g/mol. The molecule has 0 amide bonds. The summed E-state index contributed by atoms with van der Waals surface area (Å²) in [5, 5.41) is 4.00. The standard InChI is InChI=1S/C15H22ClNO2/c1-4-11-15(5-2,14(18)19-6-3)17-13-9-7-12(16)8-10-13/h7-10,17H,4-6,11H2,1-3H3. The third-order valence-electron chi connectivity index (χ3n) is 3.17. The third kappa shape index (κ3) is 4.13. The molecule has 4 heteroatoms. The van der Waals surface area contributed by atoms with Crippen molar-refractivity contribution < 1.29 is 9.53 Å². The fourth-order valence-corrected chi connectivity index (χ4v) is 2.26. The second kappa shape index (κ2) is 7.39. The third-order valence-corrected chi connectivity index (χ3v) is 3.43. The number of carbonyl (C=O) groups is 1. The Balaban J connectivity index is 2.95. The maximum Gasteiger partial charge on any atom is 0.331 e. The predicted octanol–water partition coefficient (Wildman–Crippen LogP) is 4.26. The quantitative estimate of drug-likeness (QED) is 0.760. The van der Waals surface area contributed by atoms with Crippen molar-refractivity contribution in [3.8, 4) is 0 Å². The van der Waals surface area contributed by atoms with Gasteiger partial charge in [-0.05, 0) is 44.0 Å². The highest BCUT2D eigenvalue weighted by molar-refractivity contribution is 6.30. The number of esters is 1. The smallest absolute Gasteiger partial charge is 0.331 e. The Hall–Kier alpha value is -1.22. The fourth-order valence-electron chi connectivity index (χ4n) is 2.13. The molecule has 1 rings (SSSR count). The lowest BCUT2D eigenvalue weighted by Crippen LogP contribution is -2.47. The first-order chi connectivity index (χ1) is 9.07. The molecule has 1 unspecified atom stereocenters. The number of hydrogen-bond acceptors (Lipinski definition) is 3. The number of carbonyl (C=O) groups excluding carboxylic acids is 1. The Labute approximate surface area is 120 Å². The van der Waals surface area contributed by atoms with E-state index in [2.05, 4.69) is 12.2 Å². The van der Waals surface area contributed by atoms with E-state index in [1.807, 2.05) is 26.0 Å². The minimum atomic E-state index is -0.654. The Morgan fingerprint density at radius 2 is 1.89 bits per heavy atom. The van der Waals surface area contributed by atoms with Gasteiger partial charge in [0.1, 0.15) is 5.54 Å². The molecule has 0 radical (unpaired) electrons. The molecule has 0 fully saturated rings. The molecular formula is C15H22ClNO2. The minimum absolute atomic E-state index is 0.186. The number of rotatable bonds is 7. The van der Waals surface area contributed by atoms with Gasteiger partial charge < -0.3 is 10.1 Å². The molecule has 0 saturated carbocycles. The first-order valence-electron chi connectivity index (χ1n) is 6.79. The zero-order valence-corrected chi connectivity index (χ0v) is 12.6. The van der Waals surface area contributed by atoms with Gasteiger partial charge >= 0.3 is 5.97 Å². The number of hydrogen-bond donors (Lipinski definition) is 1. The summed E-state index contributed by atoms with van der Waals surface area (Å²) in [5.41, 5.74) is 0.228. The molecule has 1 atom stereocenters. The van der Waals surface area contributed by atoms with E-state index < -0.39 is 5.54 Å². The van der Waals surface area contributed by atoms with Crippen molar-refractivity contribution in [3.63, 3.8) is 0 Å². The van der Waals surface area contributed by atoms with Crippen molar-refractivity contribution in [1.29, 1.82) is 0 Å². The monoisotopic (exact) mass is 283 g/mol. The van der Waals surface area contributed by atoms with Gasteiger partial charge in [-0.2, -0.15) is 0 Å². The average molecular weight is 284 g/mol. The molecule has 1 aromatic rings. The van der Waals surface area contributed by atoms with Gasteiger partial charge in [0.25, 0.3) is 0 Å². The summed E-state index contributed by atoms with van der Waals surface area (Å²) in [7, 11) is 0. The van der Waals surface area contributed by atoms with Gasteiger partial charge in [0.05, 0.1) is 6.61 Å². The second-order valence-corrected chi connectivity index (χ2v) is 4.97. The first kappa shape index (κ1) is 15.8. The summed E-state index contributed by atoms with van der Waals surface area (Å²) >= 11 is 5.87. The Kier molecular flexibility index (Phi) is 6.16. The van der Waals surface area contributed by atoms with Crippen LogP contribution in [0.25, 0.3) is 0 Å². The molecule has 19 heavy (non-hydrogen) atoms. The van der Waals surface area contributed by atoms with Gasteiger partial charge in [-0.15, -0.1) is 0 Å². The molecule has 0 saturated heterocycles. The highest BCUT2D eigenvalue weighted by atomic mass is 35.5. The molecule has 3 nitrogen and oxygen atoms in total. The molecule has 0 aliphatic rings. The molecule has 0 aromatic heterocycles. The predicted molar refractivity (Wildman–Crippen MR) is 79.6 cm³/mol. The largest absolute Gasteiger partial charge is 0.464 e. The molecule has 1 N–H and O–H groups in total. The molecule has 1 aromatic carbocycles. The van der Waals surface area contributed by atoms with Crippen molar-refractivity contribution >= 4 is 23.3 Å². The topological polar surface area (TPSA) is 38.3 Å². The Morgan fingerprint density at radius 1 is 1.26 bits per heavy atom. The molecule has 106 valence electrons. The van der Waals surface area contributed by atoms with Crippen LogP contribution in [-0.2, 0) is 9.53 Å². The van der Waals surface area contributed by atoms with Gasteiger partial charge in [-0.25, -0.2) is 4.79 Å². The maximum absolute atomic E-state index is 12.2. The van der Waals surface area contributed by atoms with Crippen molar-refractivity contribution in [2.24, 2.45) is 0 Å². The van der Waals surface area contributed by atoms with Gasteiger partial charge in [0.2, 0.25) is 0 Å². The van der Waals surface area contributed by atoms with E-state index in [0.29, 0.717) is 18.1 Å². The highest BCUT2D eigenvalue weighted by Crippen LogP contribution is 2.26. The lowest BCUT2D eigenvalue weighted by molar-refractivity contribution is -0.149. The number of anilines is 1. The number of nitrogens with one attached hydrogen (secondary N) is 1. The Bertz CT molecular complexity index is 405. The first-order valence-corrected chi connectivity index (χ1v) is 7.16. The molecule has 0 aliphatic carbocycles. The molecule has 0 bridgehead atoms. The van der Waals surface area contributed by atoms with Gasteiger partial charge in [-0.3, -0.25) is 0 Å². The summed E-state index contributed by atoms with van der Waals surface area (Å²) in [6.45, 7) is 6.28. The van der Waals surface area contributed by atoms with Crippen LogP contribution in [-0.4, -0.2) is 18.1 Å². The van der Waals surface area contributed by atoms with Crippen LogP contribution < -0.4 is 5.32 Å². The lowest BCUT2D eigenvalue weighted by atomic mass is 9.90. The van der Waals surface area contributed by atoms with E-state index in [4.69, 9.17) is 16.3 Å². The lowest BCUT2D eigenvalue weighted by Gasteiger charge is -2.32. The van der Waals surface area contributed by atoms with Crippen LogP contribution in [0.1, 0.15) is 40.0 Å². The molecule has 0 heterocycles. The van der Waals surface area contributed by atoms with Crippen LogP contribution in [0, 0.1) is 0 Å². The Morgan fingerprint density at radius 3 is 2.37 bits per heavy atom. The summed E-state index contributed by atoms with van der Waals surface area (Å²) in [5.74, 6) is -0.186. The maximum atomic E-state index is 12.2. The molecule has 0 spiro atoms. The summed E-state index contributed by atoms with van der Waals surface area (Å²) in [6, 6.07) is 7.37.